The van der Waals surface area contributed by atoms with E-state index in [0.29, 0.717) is 11.4 Å². The highest BCUT2D eigenvalue weighted by Crippen LogP contribution is 2.30. The number of nitrogens with one attached hydrogen (secondary N) is 1. The van der Waals surface area contributed by atoms with Gasteiger partial charge in [-0.25, -0.2) is 0 Å². The molecule has 0 saturated carbocycles. The van der Waals surface area contributed by atoms with Crippen molar-refractivity contribution in [2.45, 2.75) is 12.2 Å². The molecule has 22 heavy (non-hydrogen) atoms. The molecule has 1 aliphatic rings. The highest BCUT2D eigenvalue weighted by molar-refractivity contribution is 7.98. The molecule has 0 bridgehead atoms. The van der Waals surface area contributed by atoms with Crippen molar-refractivity contribution in [1.29, 1.82) is 0 Å². The fraction of sp³-hybridized carbons (Fsp3) is 0.286. The van der Waals surface area contributed by atoms with Crippen LogP contribution < -0.4 is 5.32 Å². The quantitative estimate of drug-likeness (QED) is 0.693. The van der Waals surface area contributed by atoms with Gasteiger partial charge in [-0.1, -0.05) is 0 Å². The molecule has 1 N–H and O–H groups in total. The third-order valence-corrected chi connectivity index (χ3v) is 4.52. The lowest BCUT2D eigenvalue weighted by Gasteiger charge is -2.12. The van der Waals surface area contributed by atoms with Gasteiger partial charge in [-0.2, -0.15) is 16.9 Å². The maximum absolute atomic E-state index is 12.3. The summed E-state index contributed by atoms with van der Waals surface area (Å²) in [6.45, 7) is 0. The van der Waals surface area contributed by atoms with Crippen molar-refractivity contribution in [2.75, 3.05) is 11.1 Å². The molecular weight excluding hydrogens is 304 g/mol. The summed E-state index contributed by atoms with van der Waals surface area (Å²) < 4.78 is 1.68. The SMILES string of the molecule is Cn1nc2c(c1NC(=O)c1ccc([N+](=O)[O-])cc1)CSCC2. The van der Waals surface area contributed by atoms with Crippen molar-refractivity contribution in [1.82, 2.24) is 9.78 Å². The van der Waals surface area contributed by atoms with Gasteiger partial charge in [-0.15, -0.1) is 0 Å². The van der Waals surface area contributed by atoms with E-state index < -0.39 is 4.92 Å². The number of hydrogen-bond donors (Lipinski definition) is 1. The predicted molar refractivity (Wildman–Crippen MR) is 84.1 cm³/mol. The third-order valence-electron chi connectivity index (χ3n) is 3.53. The van der Waals surface area contributed by atoms with Gasteiger partial charge >= 0.3 is 0 Å². The summed E-state index contributed by atoms with van der Waals surface area (Å²) in [7, 11) is 1.80. The van der Waals surface area contributed by atoms with E-state index in [2.05, 4.69) is 10.4 Å². The average molecular weight is 318 g/mol. The summed E-state index contributed by atoms with van der Waals surface area (Å²) in [5.74, 6) is 2.28. The Morgan fingerprint density at radius 1 is 1.41 bits per heavy atom. The van der Waals surface area contributed by atoms with Crippen LogP contribution in [0.2, 0.25) is 0 Å². The molecule has 7 nitrogen and oxygen atoms in total. The molecule has 0 spiro atoms. The Hall–Kier alpha value is -2.35. The maximum Gasteiger partial charge on any atom is 0.269 e. The lowest BCUT2D eigenvalue weighted by Crippen LogP contribution is -2.16. The molecule has 2 aromatic rings. The lowest BCUT2D eigenvalue weighted by molar-refractivity contribution is -0.384. The summed E-state index contributed by atoms with van der Waals surface area (Å²) in [5, 5.41) is 17.9. The fourth-order valence-electron chi connectivity index (χ4n) is 2.39. The zero-order valence-electron chi connectivity index (χ0n) is 11.9. The molecular formula is C14H14N4O3S. The average Bonchev–Trinajstić information content (AvgIpc) is 2.83. The summed E-state index contributed by atoms with van der Waals surface area (Å²) in [6, 6.07) is 5.54. The molecule has 0 saturated heterocycles. The van der Waals surface area contributed by atoms with Crippen LogP contribution in [0.15, 0.2) is 24.3 Å². The van der Waals surface area contributed by atoms with Gasteiger partial charge in [-0.05, 0) is 17.9 Å². The molecule has 0 atom stereocenters. The monoisotopic (exact) mass is 318 g/mol. The standard InChI is InChI=1S/C14H14N4O3S/c1-17-13(11-8-22-7-6-12(11)16-17)15-14(19)9-2-4-10(5-3-9)18(20)21/h2-5H,6-8H2,1H3,(H,15,19). The number of benzene rings is 1. The van der Waals surface area contributed by atoms with Crippen LogP contribution in [-0.2, 0) is 19.2 Å². The van der Waals surface area contributed by atoms with Crippen molar-refractivity contribution < 1.29 is 9.72 Å². The first-order valence-electron chi connectivity index (χ1n) is 6.74. The maximum atomic E-state index is 12.3. The van der Waals surface area contributed by atoms with Gasteiger partial charge in [0.1, 0.15) is 5.82 Å². The smallest absolute Gasteiger partial charge is 0.269 e. The largest absolute Gasteiger partial charge is 0.307 e. The van der Waals surface area contributed by atoms with Crippen molar-refractivity contribution in [2.24, 2.45) is 7.05 Å². The highest BCUT2D eigenvalue weighted by atomic mass is 32.2. The number of aromatic nitrogens is 2. The fourth-order valence-corrected chi connectivity index (χ4v) is 3.38. The minimum atomic E-state index is -0.490. The first-order chi connectivity index (χ1) is 10.6. The second-order valence-electron chi connectivity index (χ2n) is 4.96. The van der Waals surface area contributed by atoms with Crippen molar-refractivity contribution in [3.63, 3.8) is 0 Å². The minimum absolute atomic E-state index is 0.0362. The first kappa shape index (κ1) is 14.6. The Labute approximate surface area is 130 Å². The van der Waals surface area contributed by atoms with Crippen LogP contribution in [0.25, 0.3) is 0 Å². The van der Waals surface area contributed by atoms with Crippen LogP contribution in [0.4, 0.5) is 11.5 Å². The summed E-state index contributed by atoms with van der Waals surface area (Å²) >= 11 is 1.81. The van der Waals surface area contributed by atoms with Crippen molar-refractivity contribution in [3.8, 4) is 0 Å². The van der Waals surface area contributed by atoms with Crippen molar-refractivity contribution >= 4 is 29.2 Å². The zero-order chi connectivity index (χ0) is 15.7. The molecule has 0 unspecified atom stereocenters. The number of carbonyl (C=O) groups excluding carboxylic acids is 1. The van der Waals surface area contributed by atoms with Crippen LogP contribution in [-0.4, -0.2) is 26.4 Å². The minimum Gasteiger partial charge on any atom is -0.307 e. The van der Waals surface area contributed by atoms with Gasteiger partial charge < -0.3 is 5.32 Å². The number of fused-ring (bicyclic) bond motifs is 1. The van der Waals surface area contributed by atoms with Gasteiger partial charge in [0.15, 0.2) is 0 Å². The molecule has 8 heteroatoms. The molecule has 1 aromatic carbocycles. The number of nitrogens with zero attached hydrogens (tertiary/aromatic N) is 3. The second kappa shape index (κ2) is 5.80. The number of thioether (sulfide) groups is 1. The lowest BCUT2D eigenvalue weighted by atomic mass is 10.1. The summed E-state index contributed by atoms with van der Waals surface area (Å²) in [4.78, 5) is 22.4. The van der Waals surface area contributed by atoms with Gasteiger partial charge in [-0.3, -0.25) is 19.6 Å². The molecule has 1 aliphatic heterocycles. The van der Waals surface area contributed by atoms with Gasteiger partial charge in [0, 0.05) is 42.5 Å². The predicted octanol–water partition coefficient (Wildman–Crippen LogP) is 2.37. The van der Waals surface area contributed by atoms with E-state index in [0.717, 1.165) is 29.2 Å². The number of non-ortho nitro benzene ring substituents is 1. The van der Waals surface area contributed by atoms with Crippen LogP contribution in [0, 0.1) is 10.1 Å². The van der Waals surface area contributed by atoms with Crippen LogP contribution in [0.1, 0.15) is 21.6 Å². The Morgan fingerprint density at radius 2 is 2.14 bits per heavy atom. The van der Waals surface area contributed by atoms with E-state index in [9.17, 15) is 14.9 Å². The molecule has 0 radical (unpaired) electrons. The number of amides is 1. The first-order valence-corrected chi connectivity index (χ1v) is 7.90. The summed E-state index contributed by atoms with van der Waals surface area (Å²) in [6.07, 6.45) is 0.904. The third kappa shape index (κ3) is 2.69. The summed E-state index contributed by atoms with van der Waals surface area (Å²) in [5.41, 5.74) is 2.43. The van der Waals surface area contributed by atoms with E-state index in [-0.39, 0.29) is 11.6 Å². The molecule has 1 amide bonds. The topological polar surface area (TPSA) is 90.1 Å². The number of anilines is 1. The van der Waals surface area contributed by atoms with Crippen LogP contribution in [0.5, 0.6) is 0 Å². The van der Waals surface area contributed by atoms with Gasteiger partial charge in [0.25, 0.3) is 11.6 Å². The number of carbonyl (C=O) groups is 1. The van der Waals surface area contributed by atoms with E-state index >= 15 is 0 Å². The second-order valence-corrected chi connectivity index (χ2v) is 6.06. The number of nitro benzene ring substituents is 1. The van der Waals surface area contributed by atoms with E-state index in [1.165, 1.54) is 24.3 Å². The Balaban J connectivity index is 1.82. The number of rotatable bonds is 3. The molecule has 1 aromatic heterocycles. The molecule has 114 valence electrons. The Kier molecular flexibility index (Phi) is 3.84. The number of aryl methyl sites for hydroxylation is 2. The van der Waals surface area contributed by atoms with Crippen molar-refractivity contribution in [3.05, 3.63) is 51.2 Å². The zero-order valence-corrected chi connectivity index (χ0v) is 12.7. The van der Waals surface area contributed by atoms with Crippen LogP contribution >= 0.6 is 11.8 Å². The van der Waals surface area contributed by atoms with E-state index in [4.69, 9.17) is 0 Å². The normalized spacial score (nSPS) is 13.5. The molecule has 3 rings (SSSR count). The molecule has 0 aliphatic carbocycles. The van der Waals surface area contributed by atoms with Gasteiger partial charge in [0.05, 0.1) is 10.6 Å². The van der Waals surface area contributed by atoms with Crippen LogP contribution in [0.3, 0.4) is 0 Å². The molecule has 2 heterocycles. The molecule has 0 fully saturated rings. The van der Waals surface area contributed by atoms with Gasteiger partial charge in [0.2, 0.25) is 0 Å². The van der Waals surface area contributed by atoms with E-state index in [1.54, 1.807) is 11.7 Å². The number of hydrogen-bond acceptors (Lipinski definition) is 5. The Bertz CT molecular complexity index is 739. The highest BCUT2D eigenvalue weighted by Gasteiger charge is 2.21. The Morgan fingerprint density at radius 3 is 2.82 bits per heavy atom. The number of nitro groups is 1. The van der Waals surface area contributed by atoms with E-state index in [1.807, 2.05) is 11.8 Å².